The van der Waals surface area contributed by atoms with Crippen molar-refractivity contribution in [1.82, 2.24) is 5.32 Å². The molecule has 25 heavy (non-hydrogen) atoms. The predicted octanol–water partition coefficient (Wildman–Crippen LogP) is 3.69. The normalized spacial score (nSPS) is 19.1. The van der Waals surface area contributed by atoms with Crippen molar-refractivity contribution in [3.8, 4) is 0 Å². The molecule has 2 N–H and O–H groups in total. The zero-order valence-electron chi connectivity index (χ0n) is 14.2. The molecule has 0 spiro atoms. The fourth-order valence-electron chi connectivity index (χ4n) is 2.72. The summed E-state index contributed by atoms with van der Waals surface area (Å²) in [7, 11) is 0. The molecule has 130 valence electrons. The maximum absolute atomic E-state index is 13.1. The van der Waals surface area contributed by atoms with Gasteiger partial charge in [-0.1, -0.05) is 41.9 Å². The van der Waals surface area contributed by atoms with E-state index in [4.69, 9.17) is 16.3 Å². The average molecular weight is 359 g/mol. The third-order valence-corrected chi connectivity index (χ3v) is 4.09. The SMILES string of the molecule is CC(C)(C)NC(=O)C1(Nc2ccccc2Cl)OC(=O)c2ccccc21. The van der Waals surface area contributed by atoms with Crippen LogP contribution in [0, 0.1) is 0 Å². The van der Waals surface area contributed by atoms with E-state index in [1.54, 1.807) is 48.5 Å². The lowest BCUT2D eigenvalue weighted by molar-refractivity contribution is -0.139. The molecule has 2 aromatic rings. The number of ether oxygens (including phenoxy) is 1. The molecular formula is C19H19ClN2O3. The summed E-state index contributed by atoms with van der Waals surface area (Å²) in [6, 6.07) is 13.8. The summed E-state index contributed by atoms with van der Waals surface area (Å²) in [5.41, 5.74) is -0.868. The summed E-state index contributed by atoms with van der Waals surface area (Å²) in [5, 5.41) is 6.35. The molecule has 3 rings (SSSR count). The van der Waals surface area contributed by atoms with Crippen LogP contribution >= 0.6 is 11.6 Å². The molecule has 1 unspecified atom stereocenters. The van der Waals surface area contributed by atoms with Gasteiger partial charge in [0.05, 0.1) is 16.3 Å². The molecule has 6 heteroatoms. The van der Waals surface area contributed by atoms with Crippen LogP contribution in [0.5, 0.6) is 0 Å². The number of benzene rings is 2. The number of hydrogen-bond donors (Lipinski definition) is 2. The first-order valence-corrected chi connectivity index (χ1v) is 8.29. The van der Waals surface area contributed by atoms with E-state index in [0.29, 0.717) is 21.8 Å². The summed E-state index contributed by atoms with van der Waals surface area (Å²) in [5.74, 6) is -1.02. The molecule has 1 amide bonds. The predicted molar refractivity (Wildman–Crippen MR) is 96.5 cm³/mol. The first-order chi connectivity index (χ1) is 11.7. The fraction of sp³-hybridized carbons (Fsp3) is 0.263. The van der Waals surface area contributed by atoms with E-state index in [1.165, 1.54) is 0 Å². The fourth-order valence-corrected chi connectivity index (χ4v) is 2.90. The van der Waals surface area contributed by atoms with Crippen molar-refractivity contribution in [2.24, 2.45) is 0 Å². The number of hydrogen-bond acceptors (Lipinski definition) is 4. The van der Waals surface area contributed by atoms with Crippen molar-refractivity contribution in [2.75, 3.05) is 5.32 Å². The number of halogens is 1. The Bertz CT molecular complexity index is 845. The van der Waals surface area contributed by atoms with Crippen molar-refractivity contribution in [2.45, 2.75) is 32.0 Å². The highest BCUT2D eigenvalue weighted by Crippen LogP contribution is 2.39. The minimum absolute atomic E-state index is 0.353. The van der Waals surface area contributed by atoms with Gasteiger partial charge in [0, 0.05) is 11.1 Å². The number of carbonyl (C=O) groups excluding carboxylic acids is 2. The molecule has 1 aliphatic heterocycles. The average Bonchev–Trinajstić information content (AvgIpc) is 2.82. The van der Waals surface area contributed by atoms with Gasteiger partial charge in [0.25, 0.3) is 11.6 Å². The number of fused-ring (bicyclic) bond motifs is 1. The van der Waals surface area contributed by atoms with E-state index >= 15 is 0 Å². The minimum atomic E-state index is -1.67. The van der Waals surface area contributed by atoms with E-state index in [1.807, 2.05) is 20.8 Å². The highest BCUT2D eigenvalue weighted by molar-refractivity contribution is 6.33. The molecule has 0 radical (unpaired) electrons. The van der Waals surface area contributed by atoms with Crippen molar-refractivity contribution < 1.29 is 14.3 Å². The van der Waals surface area contributed by atoms with Crippen molar-refractivity contribution >= 4 is 29.2 Å². The standard InChI is InChI=1S/C19H19ClN2O3/c1-18(2,3)22-17(24)19(21-15-11-7-6-10-14(15)20)13-9-5-4-8-12(13)16(23)25-19/h4-11,21H,1-3H3,(H,22,24). The molecule has 0 saturated heterocycles. The number of cyclic esters (lactones) is 1. The third-order valence-electron chi connectivity index (χ3n) is 3.76. The number of rotatable bonds is 3. The molecule has 1 aliphatic rings. The Hall–Kier alpha value is -2.53. The van der Waals surface area contributed by atoms with Crippen molar-refractivity contribution in [3.05, 3.63) is 64.7 Å². The Balaban J connectivity index is 2.12. The molecule has 0 aromatic heterocycles. The number of carbonyl (C=O) groups is 2. The number of nitrogens with one attached hydrogen (secondary N) is 2. The Labute approximate surface area is 151 Å². The number of amides is 1. The van der Waals surface area contributed by atoms with E-state index in [0.717, 1.165) is 0 Å². The van der Waals surface area contributed by atoms with Crippen LogP contribution in [0.1, 0.15) is 36.7 Å². The highest BCUT2D eigenvalue weighted by Gasteiger charge is 2.52. The van der Waals surface area contributed by atoms with Gasteiger partial charge in [-0.2, -0.15) is 0 Å². The molecule has 0 bridgehead atoms. The third kappa shape index (κ3) is 3.20. The summed E-state index contributed by atoms with van der Waals surface area (Å²) >= 11 is 6.23. The molecule has 1 heterocycles. The number of esters is 1. The maximum atomic E-state index is 13.1. The number of para-hydroxylation sites is 1. The lowest BCUT2D eigenvalue weighted by atomic mass is 9.97. The molecule has 1 atom stereocenters. The smallest absolute Gasteiger partial charge is 0.341 e. The molecule has 0 aliphatic carbocycles. The summed E-state index contributed by atoms with van der Waals surface area (Å²) in [6.45, 7) is 5.57. The van der Waals surface area contributed by atoms with Crippen molar-refractivity contribution in [3.63, 3.8) is 0 Å². The number of anilines is 1. The molecule has 2 aromatic carbocycles. The van der Waals surface area contributed by atoms with E-state index in [-0.39, 0.29) is 0 Å². The molecular weight excluding hydrogens is 340 g/mol. The first kappa shape index (κ1) is 17.3. The van der Waals surface area contributed by atoms with Crippen LogP contribution in [0.15, 0.2) is 48.5 Å². The van der Waals surface area contributed by atoms with Gasteiger partial charge in [-0.25, -0.2) is 4.79 Å². The lowest BCUT2D eigenvalue weighted by Gasteiger charge is -2.33. The Morgan fingerprint density at radius 3 is 2.40 bits per heavy atom. The zero-order valence-corrected chi connectivity index (χ0v) is 15.0. The van der Waals surface area contributed by atoms with Gasteiger partial charge in [0.1, 0.15) is 0 Å². The summed E-state index contributed by atoms with van der Waals surface area (Å²) in [4.78, 5) is 25.5. The van der Waals surface area contributed by atoms with E-state index in [9.17, 15) is 9.59 Å². The van der Waals surface area contributed by atoms with E-state index < -0.39 is 23.1 Å². The summed E-state index contributed by atoms with van der Waals surface area (Å²) in [6.07, 6.45) is 0. The van der Waals surface area contributed by atoms with Crippen LogP contribution < -0.4 is 10.6 Å². The lowest BCUT2D eigenvalue weighted by Crippen LogP contribution is -2.55. The van der Waals surface area contributed by atoms with Gasteiger partial charge in [0.15, 0.2) is 0 Å². The largest absolute Gasteiger partial charge is 0.421 e. The van der Waals surface area contributed by atoms with Gasteiger partial charge < -0.3 is 15.4 Å². The van der Waals surface area contributed by atoms with Crippen LogP contribution in [0.4, 0.5) is 5.69 Å². The molecule has 5 nitrogen and oxygen atoms in total. The highest BCUT2D eigenvalue weighted by atomic mass is 35.5. The van der Waals surface area contributed by atoms with Crippen LogP contribution in [0.3, 0.4) is 0 Å². The van der Waals surface area contributed by atoms with Gasteiger partial charge in [-0.05, 0) is 39.0 Å². The Morgan fingerprint density at radius 1 is 1.08 bits per heavy atom. The van der Waals surface area contributed by atoms with Crippen LogP contribution in [-0.2, 0) is 15.3 Å². The van der Waals surface area contributed by atoms with Gasteiger partial charge in [-0.3, -0.25) is 4.79 Å². The van der Waals surface area contributed by atoms with Gasteiger partial charge in [0.2, 0.25) is 0 Å². The second kappa shape index (κ2) is 6.08. The maximum Gasteiger partial charge on any atom is 0.341 e. The second-order valence-corrected chi connectivity index (χ2v) is 7.33. The Morgan fingerprint density at radius 2 is 1.72 bits per heavy atom. The minimum Gasteiger partial charge on any atom is -0.421 e. The van der Waals surface area contributed by atoms with Gasteiger partial charge in [-0.15, -0.1) is 0 Å². The Kier molecular flexibility index (Phi) is 4.21. The zero-order chi connectivity index (χ0) is 18.2. The van der Waals surface area contributed by atoms with Crippen LogP contribution in [0.25, 0.3) is 0 Å². The van der Waals surface area contributed by atoms with Crippen molar-refractivity contribution in [1.29, 1.82) is 0 Å². The monoisotopic (exact) mass is 358 g/mol. The van der Waals surface area contributed by atoms with E-state index in [2.05, 4.69) is 10.6 Å². The molecule has 0 fully saturated rings. The second-order valence-electron chi connectivity index (χ2n) is 6.93. The quantitative estimate of drug-likeness (QED) is 0.821. The molecule has 0 saturated carbocycles. The first-order valence-electron chi connectivity index (χ1n) is 7.91. The van der Waals surface area contributed by atoms with Crippen LogP contribution in [0.2, 0.25) is 5.02 Å². The van der Waals surface area contributed by atoms with Crippen LogP contribution in [-0.4, -0.2) is 17.4 Å². The van der Waals surface area contributed by atoms with Gasteiger partial charge >= 0.3 is 5.97 Å². The topological polar surface area (TPSA) is 67.4 Å². The summed E-state index contributed by atoms with van der Waals surface area (Å²) < 4.78 is 5.57.